The second-order valence-corrected chi connectivity index (χ2v) is 7.80. The van der Waals surface area contributed by atoms with Gasteiger partial charge < -0.3 is 9.73 Å². The van der Waals surface area contributed by atoms with Crippen LogP contribution in [0, 0.1) is 0 Å². The van der Waals surface area contributed by atoms with Gasteiger partial charge in [-0.15, -0.1) is 6.58 Å². The first-order valence-corrected chi connectivity index (χ1v) is 9.95. The molecule has 1 aliphatic rings. The number of carbonyl (C=O) groups is 1. The van der Waals surface area contributed by atoms with E-state index in [-0.39, 0.29) is 17.0 Å². The van der Waals surface area contributed by atoms with E-state index in [1.54, 1.807) is 48.9 Å². The largest absolute Gasteiger partial charge is 0.467 e. The zero-order chi connectivity index (χ0) is 20.4. The first-order chi connectivity index (χ1) is 14.1. The maximum atomic E-state index is 13.1. The quantitative estimate of drug-likeness (QED) is 0.369. The van der Waals surface area contributed by atoms with E-state index in [2.05, 4.69) is 16.9 Å². The zero-order valence-corrected chi connectivity index (χ0v) is 16.8. The van der Waals surface area contributed by atoms with Crippen LogP contribution in [0.25, 0.3) is 11.7 Å². The third-order valence-electron chi connectivity index (χ3n) is 4.24. The van der Waals surface area contributed by atoms with E-state index in [1.807, 2.05) is 6.07 Å². The second-order valence-electron chi connectivity index (χ2n) is 6.12. The van der Waals surface area contributed by atoms with Gasteiger partial charge in [0.05, 0.1) is 23.3 Å². The number of hydrogen-bond acceptors (Lipinski definition) is 7. The number of hydrogen-bond donors (Lipinski definition) is 1. The number of fused-ring (bicyclic) bond motifs is 1. The predicted octanol–water partition coefficient (Wildman–Crippen LogP) is 3.29. The first kappa shape index (κ1) is 19.2. The van der Waals surface area contributed by atoms with Crippen molar-refractivity contribution in [2.75, 3.05) is 11.9 Å². The molecule has 1 amide bonds. The molecule has 1 N–H and O–H groups in total. The molecular formula is C20H16N4O3S2. The van der Waals surface area contributed by atoms with Crippen LogP contribution in [0.4, 0.5) is 5.82 Å². The zero-order valence-electron chi connectivity index (χ0n) is 15.2. The number of amides is 1. The summed E-state index contributed by atoms with van der Waals surface area (Å²) in [7, 11) is 0. The molecule has 0 aliphatic carbocycles. The van der Waals surface area contributed by atoms with Gasteiger partial charge in [-0.2, -0.15) is 0 Å². The summed E-state index contributed by atoms with van der Waals surface area (Å²) in [5.41, 5.74) is 0.488. The SMILES string of the molecule is C=CCN1C(=O)/C(=C/c2c(NCc3ccco3)nc3ccccn3c2=O)SC1=S. The molecule has 4 rings (SSSR count). The predicted molar refractivity (Wildman–Crippen MR) is 118 cm³/mol. The molecule has 9 heteroatoms. The molecule has 0 aromatic carbocycles. The van der Waals surface area contributed by atoms with Crippen LogP contribution >= 0.6 is 24.0 Å². The van der Waals surface area contributed by atoms with Crippen molar-refractivity contribution >= 4 is 51.7 Å². The van der Waals surface area contributed by atoms with Gasteiger partial charge in [0.15, 0.2) is 0 Å². The summed E-state index contributed by atoms with van der Waals surface area (Å²) >= 11 is 6.43. The Hall–Kier alpha value is -3.17. The smallest absolute Gasteiger partial charge is 0.267 e. The standard InChI is InChI=1S/C20H16N4O3S2/c1-2-8-24-19(26)15(29-20(24)28)11-14-17(21-12-13-6-5-10-27-13)22-16-7-3-4-9-23(16)18(14)25/h2-7,9-11,21H,1,8,12H2/b15-11-. The van der Waals surface area contributed by atoms with Crippen molar-refractivity contribution in [2.24, 2.45) is 0 Å². The summed E-state index contributed by atoms with van der Waals surface area (Å²) in [5, 5.41) is 3.14. The van der Waals surface area contributed by atoms with E-state index in [9.17, 15) is 9.59 Å². The molecule has 1 fully saturated rings. The Kier molecular flexibility index (Phi) is 5.32. The minimum absolute atomic E-state index is 0.255. The molecule has 1 saturated heterocycles. The topological polar surface area (TPSA) is 79.8 Å². The average molecular weight is 425 g/mol. The molecule has 0 unspecified atom stereocenters. The lowest BCUT2D eigenvalue weighted by Gasteiger charge is -2.11. The number of thioether (sulfide) groups is 1. The molecule has 3 aromatic rings. The van der Waals surface area contributed by atoms with Crippen molar-refractivity contribution in [2.45, 2.75) is 6.54 Å². The molecule has 0 atom stereocenters. The van der Waals surface area contributed by atoms with Gasteiger partial charge in [-0.25, -0.2) is 4.98 Å². The number of furan rings is 1. The van der Waals surface area contributed by atoms with Crippen molar-refractivity contribution in [3.8, 4) is 0 Å². The number of rotatable bonds is 6. The molecule has 146 valence electrons. The van der Waals surface area contributed by atoms with Crippen LogP contribution in [0.15, 0.2) is 69.6 Å². The number of pyridine rings is 1. The fourth-order valence-corrected chi connectivity index (χ4v) is 4.13. The normalized spacial score (nSPS) is 15.4. The van der Waals surface area contributed by atoms with Gasteiger partial charge in [-0.3, -0.25) is 18.9 Å². The fourth-order valence-electron chi connectivity index (χ4n) is 2.87. The van der Waals surface area contributed by atoms with Gasteiger partial charge in [0.1, 0.15) is 21.5 Å². The van der Waals surface area contributed by atoms with E-state index in [1.165, 1.54) is 9.30 Å². The van der Waals surface area contributed by atoms with Crippen LogP contribution in [-0.4, -0.2) is 31.1 Å². The molecule has 4 heterocycles. The van der Waals surface area contributed by atoms with Crippen LogP contribution in [0.5, 0.6) is 0 Å². The number of nitrogens with zero attached hydrogens (tertiary/aromatic N) is 3. The van der Waals surface area contributed by atoms with E-state index < -0.39 is 0 Å². The van der Waals surface area contributed by atoms with Crippen molar-refractivity contribution in [1.82, 2.24) is 14.3 Å². The summed E-state index contributed by atoms with van der Waals surface area (Å²) in [6.07, 6.45) is 6.37. The molecule has 1 aliphatic heterocycles. The fraction of sp³-hybridized carbons (Fsp3) is 0.100. The molecule has 3 aromatic heterocycles. The molecule has 0 radical (unpaired) electrons. The van der Waals surface area contributed by atoms with Gasteiger partial charge in [-0.1, -0.05) is 36.1 Å². The third kappa shape index (κ3) is 3.74. The van der Waals surface area contributed by atoms with Crippen molar-refractivity contribution in [3.05, 3.63) is 82.0 Å². The van der Waals surface area contributed by atoms with E-state index in [0.29, 0.717) is 39.5 Å². The summed E-state index contributed by atoms with van der Waals surface area (Å²) in [6.45, 7) is 4.32. The number of anilines is 1. The van der Waals surface area contributed by atoms with E-state index in [0.717, 1.165) is 11.8 Å². The minimum atomic E-state index is -0.286. The maximum Gasteiger partial charge on any atom is 0.267 e. The number of aromatic nitrogens is 2. The van der Waals surface area contributed by atoms with Crippen LogP contribution in [-0.2, 0) is 11.3 Å². The Morgan fingerprint density at radius 1 is 1.28 bits per heavy atom. The second kappa shape index (κ2) is 8.06. The van der Waals surface area contributed by atoms with Crippen LogP contribution in [0.2, 0.25) is 0 Å². The summed E-state index contributed by atoms with van der Waals surface area (Å²) in [6, 6.07) is 8.90. The highest BCUT2D eigenvalue weighted by Crippen LogP contribution is 2.32. The molecular weight excluding hydrogens is 408 g/mol. The monoisotopic (exact) mass is 424 g/mol. The van der Waals surface area contributed by atoms with Crippen LogP contribution in [0.1, 0.15) is 11.3 Å². The Morgan fingerprint density at radius 3 is 2.90 bits per heavy atom. The molecule has 7 nitrogen and oxygen atoms in total. The van der Waals surface area contributed by atoms with Gasteiger partial charge in [0.25, 0.3) is 11.5 Å². The minimum Gasteiger partial charge on any atom is -0.467 e. The summed E-state index contributed by atoms with van der Waals surface area (Å²) in [4.78, 5) is 32.2. The maximum absolute atomic E-state index is 13.1. The Morgan fingerprint density at radius 2 is 2.14 bits per heavy atom. The van der Waals surface area contributed by atoms with Crippen LogP contribution in [0.3, 0.4) is 0 Å². The van der Waals surface area contributed by atoms with E-state index in [4.69, 9.17) is 16.6 Å². The summed E-state index contributed by atoms with van der Waals surface area (Å²) < 4.78 is 7.21. The highest BCUT2D eigenvalue weighted by atomic mass is 32.2. The van der Waals surface area contributed by atoms with Gasteiger partial charge in [-0.05, 0) is 30.3 Å². The van der Waals surface area contributed by atoms with Gasteiger partial charge in [0, 0.05) is 12.7 Å². The highest BCUT2D eigenvalue weighted by Gasteiger charge is 2.31. The van der Waals surface area contributed by atoms with Gasteiger partial charge in [0.2, 0.25) is 0 Å². The number of nitrogens with one attached hydrogen (secondary N) is 1. The molecule has 0 spiro atoms. The third-order valence-corrected chi connectivity index (χ3v) is 5.62. The van der Waals surface area contributed by atoms with Crippen molar-refractivity contribution in [3.63, 3.8) is 0 Å². The average Bonchev–Trinajstić information content (AvgIpc) is 3.33. The highest BCUT2D eigenvalue weighted by molar-refractivity contribution is 8.26. The van der Waals surface area contributed by atoms with Gasteiger partial charge >= 0.3 is 0 Å². The number of carbonyl (C=O) groups excluding carboxylic acids is 1. The van der Waals surface area contributed by atoms with Crippen LogP contribution < -0.4 is 10.9 Å². The molecule has 0 bridgehead atoms. The lowest BCUT2D eigenvalue weighted by atomic mass is 10.2. The number of thiocarbonyl (C=S) groups is 1. The van der Waals surface area contributed by atoms with E-state index >= 15 is 0 Å². The summed E-state index contributed by atoms with van der Waals surface area (Å²) in [5.74, 6) is 0.810. The first-order valence-electron chi connectivity index (χ1n) is 8.72. The Balaban J connectivity index is 1.79. The lowest BCUT2D eigenvalue weighted by molar-refractivity contribution is -0.121. The lowest BCUT2D eigenvalue weighted by Crippen LogP contribution is -2.28. The molecule has 29 heavy (non-hydrogen) atoms. The Labute approximate surface area is 175 Å². The Bertz CT molecular complexity index is 1200. The van der Waals surface area contributed by atoms with Crippen molar-refractivity contribution in [1.29, 1.82) is 0 Å². The molecule has 0 saturated carbocycles. The van der Waals surface area contributed by atoms with Crippen molar-refractivity contribution < 1.29 is 9.21 Å².